The average Bonchev–Trinajstić information content (AvgIpc) is 2.92. The van der Waals surface area contributed by atoms with Gasteiger partial charge in [-0.2, -0.15) is 0 Å². The van der Waals surface area contributed by atoms with E-state index in [0.717, 1.165) is 12.8 Å². The highest BCUT2D eigenvalue weighted by Crippen LogP contribution is 2.66. The molecule has 3 heteroatoms. The third kappa shape index (κ3) is 3.50. The number of benzene rings is 1. The highest BCUT2D eigenvalue weighted by atomic mass is 19.1. The van der Waals surface area contributed by atoms with E-state index in [9.17, 15) is 9.18 Å². The molecule has 2 bridgehead atoms. The fraction of sp³-hybridized carbons (Fsp3) is 0.667. The van der Waals surface area contributed by atoms with Gasteiger partial charge in [-0.05, 0) is 54.9 Å². The highest BCUT2D eigenvalue weighted by molar-refractivity contribution is 5.89. The first-order valence-corrected chi connectivity index (χ1v) is 9.31. The van der Waals surface area contributed by atoms with Crippen LogP contribution in [0.4, 0.5) is 4.39 Å². The van der Waals surface area contributed by atoms with Gasteiger partial charge in [-0.15, -0.1) is 0 Å². The Labute approximate surface area is 146 Å². The van der Waals surface area contributed by atoms with E-state index >= 15 is 0 Å². The third-order valence-electron chi connectivity index (χ3n) is 6.04. The van der Waals surface area contributed by atoms with Crippen LogP contribution in [0.5, 0.6) is 0 Å². The molecule has 2 saturated carbocycles. The van der Waals surface area contributed by atoms with Crippen molar-refractivity contribution in [2.45, 2.75) is 73.8 Å². The van der Waals surface area contributed by atoms with Crippen LogP contribution in [-0.2, 0) is 4.74 Å². The summed E-state index contributed by atoms with van der Waals surface area (Å²) in [6, 6.07) is 5.56. The van der Waals surface area contributed by atoms with Crippen molar-refractivity contribution in [3.63, 3.8) is 0 Å². The van der Waals surface area contributed by atoms with Crippen LogP contribution in [0.2, 0.25) is 0 Å². The first kappa shape index (κ1) is 20.7. The van der Waals surface area contributed by atoms with Crippen LogP contribution in [0.3, 0.4) is 0 Å². The summed E-state index contributed by atoms with van der Waals surface area (Å²) in [6.07, 6.45) is 3.28. The molecule has 1 aromatic rings. The summed E-state index contributed by atoms with van der Waals surface area (Å²) in [6.45, 7) is 14.8. The maximum absolute atomic E-state index is 12.9. The van der Waals surface area contributed by atoms with Gasteiger partial charge in [0.2, 0.25) is 0 Å². The lowest BCUT2D eigenvalue weighted by Crippen LogP contribution is -2.38. The molecule has 0 radical (unpaired) electrons. The molecule has 3 rings (SSSR count). The minimum Gasteiger partial charge on any atom is -0.458 e. The zero-order valence-corrected chi connectivity index (χ0v) is 16.3. The lowest BCUT2D eigenvalue weighted by molar-refractivity contribution is -0.0242. The molecule has 2 aliphatic carbocycles. The number of hydrogen-bond acceptors (Lipinski definition) is 2. The van der Waals surface area contributed by atoms with Gasteiger partial charge in [-0.25, -0.2) is 9.18 Å². The molecule has 1 aromatic carbocycles. The Balaban J connectivity index is 0.000000671. The zero-order valence-electron chi connectivity index (χ0n) is 16.3. The maximum Gasteiger partial charge on any atom is 0.338 e. The first-order chi connectivity index (χ1) is 11.3. The van der Waals surface area contributed by atoms with Gasteiger partial charge in [0, 0.05) is 5.41 Å². The van der Waals surface area contributed by atoms with Gasteiger partial charge in [0.25, 0.3) is 0 Å². The van der Waals surface area contributed by atoms with Crippen molar-refractivity contribution in [2.24, 2.45) is 16.7 Å². The summed E-state index contributed by atoms with van der Waals surface area (Å²) in [5, 5.41) is 0. The first-order valence-electron chi connectivity index (χ1n) is 9.31. The van der Waals surface area contributed by atoms with Crippen molar-refractivity contribution in [3.05, 3.63) is 35.6 Å². The smallest absolute Gasteiger partial charge is 0.338 e. The van der Waals surface area contributed by atoms with Crippen LogP contribution in [0.1, 0.15) is 78.1 Å². The number of hydrogen-bond donors (Lipinski definition) is 0. The van der Waals surface area contributed by atoms with Crippen molar-refractivity contribution >= 4 is 5.97 Å². The SMILES string of the molecule is CC.CC.CC1(C)C2CCC1(C)C(OC(=O)c1ccc(F)cc1)C2. The van der Waals surface area contributed by atoms with Crippen molar-refractivity contribution < 1.29 is 13.9 Å². The predicted octanol–water partition coefficient (Wildman–Crippen LogP) is 6.25. The number of fused-ring (bicyclic) bond motifs is 2. The molecule has 2 fully saturated rings. The molecule has 0 spiro atoms. The molecular formula is C21H33FO2. The molecule has 0 saturated heterocycles. The van der Waals surface area contributed by atoms with Gasteiger partial charge in [-0.3, -0.25) is 0 Å². The van der Waals surface area contributed by atoms with Crippen molar-refractivity contribution in [1.82, 2.24) is 0 Å². The summed E-state index contributed by atoms with van der Waals surface area (Å²) in [4.78, 5) is 12.2. The van der Waals surface area contributed by atoms with E-state index < -0.39 is 0 Å². The van der Waals surface area contributed by atoms with E-state index in [1.165, 1.54) is 30.7 Å². The number of carbonyl (C=O) groups excluding carboxylic acids is 1. The summed E-state index contributed by atoms with van der Waals surface area (Å²) in [5.41, 5.74) is 0.712. The van der Waals surface area contributed by atoms with Crippen LogP contribution >= 0.6 is 0 Å². The molecule has 0 heterocycles. The molecule has 136 valence electrons. The lowest BCUT2D eigenvalue weighted by Gasteiger charge is -2.38. The Morgan fingerprint density at radius 3 is 2.04 bits per heavy atom. The molecule has 0 aliphatic heterocycles. The maximum atomic E-state index is 12.9. The number of carbonyl (C=O) groups is 1. The Hall–Kier alpha value is -1.38. The fourth-order valence-corrected chi connectivity index (χ4v) is 4.09. The van der Waals surface area contributed by atoms with E-state index in [-0.39, 0.29) is 28.7 Å². The van der Waals surface area contributed by atoms with Crippen LogP contribution in [0, 0.1) is 22.6 Å². The molecule has 24 heavy (non-hydrogen) atoms. The van der Waals surface area contributed by atoms with Crippen LogP contribution in [-0.4, -0.2) is 12.1 Å². The summed E-state index contributed by atoms with van der Waals surface area (Å²) < 4.78 is 18.6. The second-order valence-corrected chi connectivity index (χ2v) is 7.01. The fourth-order valence-electron chi connectivity index (χ4n) is 4.09. The van der Waals surface area contributed by atoms with E-state index in [4.69, 9.17) is 4.74 Å². The van der Waals surface area contributed by atoms with Gasteiger partial charge < -0.3 is 4.74 Å². The molecule has 0 amide bonds. The number of rotatable bonds is 2. The van der Waals surface area contributed by atoms with Gasteiger partial charge in [-0.1, -0.05) is 48.5 Å². The average molecular weight is 336 g/mol. The Morgan fingerprint density at radius 1 is 1.08 bits per heavy atom. The number of esters is 1. The van der Waals surface area contributed by atoms with Gasteiger partial charge >= 0.3 is 5.97 Å². The van der Waals surface area contributed by atoms with Crippen molar-refractivity contribution in [1.29, 1.82) is 0 Å². The monoisotopic (exact) mass is 336 g/mol. The van der Waals surface area contributed by atoms with Crippen LogP contribution < -0.4 is 0 Å². The topological polar surface area (TPSA) is 26.3 Å². The predicted molar refractivity (Wildman–Crippen MR) is 97.5 cm³/mol. The van der Waals surface area contributed by atoms with E-state index in [1.54, 1.807) is 0 Å². The quantitative estimate of drug-likeness (QED) is 0.597. The van der Waals surface area contributed by atoms with Gasteiger partial charge in [0.1, 0.15) is 11.9 Å². The van der Waals surface area contributed by atoms with E-state index in [1.807, 2.05) is 27.7 Å². The third-order valence-corrected chi connectivity index (χ3v) is 6.04. The second kappa shape index (κ2) is 8.13. The molecule has 2 aliphatic rings. The second-order valence-electron chi connectivity index (χ2n) is 7.01. The molecule has 0 N–H and O–H groups in total. The Morgan fingerprint density at radius 2 is 1.62 bits per heavy atom. The molecule has 2 nitrogen and oxygen atoms in total. The molecular weight excluding hydrogens is 303 g/mol. The summed E-state index contributed by atoms with van der Waals surface area (Å²) in [7, 11) is 0. The zero-order chi connectivity index (χ0) is 18.5. The van der Waals surface area contributed by atoms with Crippen LogP contribution in [0.25, 0.3) is 0 Å². The number of ether oxygens (including phenoxy) is 1. The summed E-state index contributed by atoms with van der Waals surface area (Å²) in [5.74, 6) is -0.0346. The van der Waals surface area contributed by atoms with E-state index in [2.05, 4.69) is 20.8 Å². The Kier molecular flexibility index (Phi) is 7.00. The number of halogens is 1. The highest BCUT2D eigenvalue weighted by Gasteiger charge is 2.62. The Bertz CT molecular complexity index is 535. The van der Waals surface area contributed by atoms with E-state index in [0.29, 0.717) is 11.5 Å². The van der Waals surface area contributed by atoms with Gasteiger partial charge in [0.05, 0.1) is 5.56 Å². The molecule has 0 aromatic heterocycles. The minimum absolute atomic E-state index is 0.0196. The standard InChI is InChI=1S/C17H21FO2.2C2H6/c1-16(2)12-8-9-17(16,3)14(10-12)20-15(19)11-4-6-13(18)7-5-11;2*1-2/h4-7,12,14H,8-10H2,1-3H3;2*1-2H3. The van der Waals surface area contributed by atoms with Crippen LogP contribution in [0.15, 0.2) is 24.3 Å². The lowest BCUT2D eigenvalue weighted by atomic mass is 9.70. The minimum atomic E-state index is -0.338. The molecule has 3 unspecified atom stereocenters. The largest absolute Gasteiger partial charge is 0.458 e. The van der Waals surface area contributed by atoms with Crippen molar-refractivity contribution in [2.75, 3.05) is 0 Å². The molecule has 3 atom stereocenters. The van der Waals surface area contributed by atoms with Gasteiger partial charge in [0.15, 0.2) is 0 Å². The summed E-state index contributed by atoms with van der Waals surface area (Å²) >= 11 is 0. The van der Waals surface area contributed by atoms with Crippen molar-refractivity contribution in [3.8, 4) is 0 Å². The normalized spacial score (nSPS) is 29.0.